The molecule has 0 radical (unpaired) electrons. The molecule has 0 aliphatic heterocycles. The second kappa shape index (κ2) is 11.1. The molecule has 0 aliphatic rings. The number of methoxy groups -OCH3 is 1. The zero-order valence-corrected chi connectivity index (χ0v) is 16.1. The molecule has 0 heterocycles. The number of carbonyl (C=O) groups excluding carboxylic acids is 1. The van der Waals surface area contributed by atoms with E-state index in [1.807, 2.05) is 0 Å². The van der Waals surface area contributed by atoms with Gasteiger partial charge in [0.25, 0.3) is 0 Å². The van der Waals surface area contributed by atoms with Crippen LogP contribution in [0.3, 0.4) is 0 Å². The summed E-state index contributed by atoms with van der Waals surface area (Å²) in [5.41, 5.74) is 1.22. The average Bonchev–Trinajstić information content (AvgIpc) is 2.40. The van der Waals surface area contributed by atoms with Crippen molar-refractivity contribution in [3.05, 3.63) is 11.6 Å². The summed E-state index contributed by atoms with van der Waals surface area (Å²) in [6, 6.07) is 0. The van der Waals surface area contributed by atoms with Crippen molar-refractivity contribution in [2.24, 2.45) is 0 Å². The summed E-state index contributed by atoms with van der Waals surface area (Å²) in [7, 11) is -0.0679. The number of carbonyl (C=O) groups is 1. The van der Waals surface area contributed by atoms with Crippen molar-refractivity contribution >= 4 is 14.0 Å². The number of allylic oxidation sites excluding steroid dienone is 1. The molecule has 0 amide bonds. The van der Waals surface area contributed by atoms with E-state index < -0.39 is 8.07 Å². The second-order valence-corrected chi connectivity index (χ2v) is 12.5. The number of rotatable bonds is 11. The van der Waals surface area contributed by atoms with Gasteiger partial charge < -0.3 is 4.74 Å². The molecular formula is C18H36O2Si. The number of esters is 1. The van der Waals surface area contributed by atoms with E-state index in [1.165, 1.54) is 57.6 Å². The van der Waals surface area contributed by atoms with Gasteiger partial charge in [0.05, 0.1) is 20.7 Å². The minimum Gasteiger partial charge on any atom is -0.469 e. The topological polar surface area (TPSA) is 26.3 Å². The molecule has 0 saturated heterocycles. The van der Waals surface area contributed by atoms with E-state index in [0.717, 1.165) is 6.42 Å². The van der Waals surface area contributed by atoms with Crippen molar-refractivity contribution < 1.29 is 9.53 Å². The van der Waals surface area contributed by atoms with Crippen LogP contribution in [0.15, 0.2) is 11.6 Å². The van der Waals surface area contributed by atoms with Crippen molar-refractivity contribution in [3.8, 4) is 0 Å². The number of unbranched alkanes of at least 4 members (excludes halogenated alkanes) is 7. The molecule has 124 valence electrons. The van der Waals surface area contributed by atoms with E-state index in [4.69, 9.17) is 4.74 Å². The van der Waals surface area contributed by atoms with E-state index >= 15 is 0 Å². The molecule has 3 heteroatoms. The first-order valence-corrected chi connectivity index (χ1v) is 12.2. The first-order valence-electron chi connectivity index (χ1n) is 8.59. The van der Waals surface area contributed by atoms with Crippen LogP contribution in [0.2, 0.25) is 25.2 Å². The van der Waals surface area contributed by atoms with Crippen molar-refractivity contribution in [2.75, 3.05) is 7.11 Å². The molecule has 0 bridgehead atoms. The van der Waals surface area contributed by atoms with Gasteiger partial charge in [0.15, 0.2) is 0 Å². The molecule has 0 saturated carbocycles. The average molecular weight is 313 g/mol. The van der Waals surface area contributed by atoms with Gasteiger partial charge in [-0.15, -0.1) is 0 Å². The van der Waals surface area contributed by atoms with Crippen LogP contribution in [-0.4, -0.2) is 21.2 Å². The van der Waals surface area contributed by atoms with Crippen LogP contribution < -0.4 is 0 Å². The lowest BCUT2D eigenvalue weighted by Crippen LogP contribution is -2.35. The summed E-state index contributed by atoms with van der Waals surface area (Å²) in [6.07, 6.45) is 12.7. The van der Waals surface area contributed by atoms with Gasteiger partial charge in [-0.05, 0) is 19.8 Å². The van der Waals surface area contributed by atoms with Gasteiger partial charge >= 0.3 is 5.97 Å². The van der Waals surface area contributed by atoms with Gasteiger partial charge in [0, 0.05) is 0 Å². The molecule has 2 nitrogen and oxygen atoms in total. The number of ether oxygens (including phenoxy) is 1. The summed E-state index contributed by atoms with van der Waals surface area (Å²) in [6.45, 7) is 11.1. The Morgan fingerprint density at radius 2 is 1.57 bits per heavy atom. The number of hydrogen-bond donors (Lipinski definition) is 0. The van der Waals surface area contributed by atoms with E-state index in [-0.39, 0.29) is 11.5 Å². The Balaban J connectivity index is 4.16. The fourth-order valence-electron chi connectivity index (χ4n) is 2.89. The third kappa shape index (κ3) is 9.13. The molecule has 0 aromatic carbocycles. The summed E-state index contributed by atoms with van der Waals surface area (Å²) in [4.78, 5) is 12.0. The third-order valence-electron chi connectivity index (χ3n) is 4.03. The molecule has 0 aromatic rings. The molecule has 0 spiro atoms. The van der Waals surface area contributed by atoms with Crippen molar-refractivity contribution in [3.63, 3.8) is 0 Å². The first kappa shape index (κ1) is 20.4. The Kier molecular flexibility index (Phi) is 10.8. The molecule has 0 N–H and O–H groups in total. The van der Waals surface area contributed by atoms with E-state index in [0.29, 0.717) is 0 Å². The summed E-state index contributed by atoms with van der Waals surface area (Å²) < 4.78 is 5.00. The summed E-state index contributed by atoms with van der Waals surface area (Å²) >= 11 is 0. The molecule has 0 fully saturated rings. The largest absolute Gasteiger partial charge is 0.469 e. The predicted octanol–water partition coefficient (Wildman–Crippen LogP) is 5.95. The van der Waals surface area contributed by atoms with E-state index in [9.17, 15) is 4.79 Å². The maximum atomic E-state index is 12.0. The lowest BCUT2D eigenvalue weighted by molar-refractivity contribution is -0.139. The maximum absolute atomic E-state index is 12.0. The highest BCUT2D eigenvalue weighted by molar-refractivity contribution is 6.81. The first-order chi connectivity index (χ1) is 9.84. The summed E-state index contributed by atoms with van der Waals surface area (Å²) in [5.74, 6) is -0.0533. The van der Waals surface area contributed by atoms with E-state index in [1.54, 1.807) is 0 Å². The zero-order chi connectivity index (χ0) is 16.3. The Bertz CT molecular complexity index is 316. The van der Waals surface area contributed by atoms with Crippen molar-refractivity contribution in [1.82, 2.24) is 0 Å². The van der Waals surface area contributed by atoms with Gasteiger partial charge in [-0.1, -0.05) is 76.7 Å². The SMILES string of the molecule is CCCCCCCCC/C=C(/C)C(C(=O)OC)[Si](C)(C)C. The standard InChI is InChI=1S/C18H36O2Si/c1-7-8-9-10-11-12-13-14-15-16(2)17(18(19)20-3)21(4,5)6/h15,17H,7-14H2,1-6H3/b16-15-. The van der Waals surface area contributed by atoms with Crippen molar-refractivity contribution in [2.45, 2.75) is 90.4 Å². The Morgan fingerprint density at radius 3 is 2.05 bits per heavy atom. The van der Waals surface area contributed by atoms with Crippen LogP contribution in [-0.2, 0) is 9.53 Å². The molecule has 1 atom stereocenters. The van der Waals surface area contributed by atoms with E-state index in [2.05, 4.69) is 39.6 Å². The molecule has 0 rings (SSSR count). The fraction of sp³-hybridized carbons (Fsp3) is 0.833. The monoisotopic (exact) mass is 312 g/mol. The lowest BCUT2D eigenvalue weighted by atomic mass is 10.1. The minimum atomic E-state index is -1.57. The van der Waals surface area contributed by atoms with Gasteiger partial charge in [0.2, 0.25) is 0 Å². The zero-order valence-electron chi connectivity index (χ0n) is 15.1. The molecule has 21 heavy (non-hydrogen) atoms. The lowest BCUT2D eigenvalue weighted by Gasteiger charge is -2.27. The Labute approximate surface area is 133 Å². The molecule has 0 aliphatic carbocycles. The number of hydrogen-bond acceptors (Lipinski definition) is 2. The summed E-state index contributed by atoms with van der Waals surface area (Å²) in [5, 5.41) is 0. The van der Waals surface area contributed by atoms with Crippen LogP contribution in [0.4, 0.5) is 0 Å². The molecule has 0 aromatic heterocycles. The highest BCUT2D eigenvalue weighted by Crippen LogP contribution is 2.31. The van der Waals surface area contributed by atoms with Crippen LogP contribution in [0.1, 0.15) is 65.2 Å². The van der Waals surface area contributed by atoms with Crippen LogP contribution in [0.25, 0.3) is 0 Å². The van der Waals surface area contributed by atoms with Gasteiger partial charge in [0.1, 0.15) is 0 Å². The van der Waals surface area contributed by atoms with Crippen LogP contribution >= 0.6 is 0 Å². The normalized spacial score (nSPS) is 14.1. The van der Waals surface area contributed by atoms with Crippen molar-refractivity contribution in [1.29, 1.82) is 0 Å². The smallest absolute Gasteiger partial charge is 0.309 e. The van der Waals surface area contributed by atoms with Crippen LogP contribution in [0, 0.1) is 0 Å². The predicted molar refractivity (Wildman–Crippen MR) is 95.5 cm³/mol. The highest BCUT2D eigenvalue weighted by atomic mass is 28.3. The van der Waals surface area contributed by atoms with Crippen LogP contribution in [0.5, 0.6) is 0 Å². The Hall–Kier alpha value is -0.573. The quantitative estimate of drug-likeness (QED) is 0.204. The third-order valence-corrected chi connectivity index (χ3v) is 6.46. The maximum Gasteiger partial charge on any atom is 0.309 e. The fourth-order valence-corrected chi connectivity index (χ4v) is 5.20. The van der Waals surface area contributed by atoms with Gasteiger partial charge in [-0.3, -0.25) is 4.79 Å². The molecule has 1 unspecified atom stereocenters. The molecular weight excluding hydrogens is 276 g/mol. The van der Waals surface area contributed by atoms with Gasteiger partial charge in [-0.25, -0.2) is 0 Å². The second-order valence-electron chi connectivity index (χ2n) is 7.18. The highest BCUT2D eigenvalue weighted by Gasteiger charge is 2.34. The minimum absolute atomic E-state index is 0.00653. The van der Waals surface area contributed by atoms with Gasteiger partial charge in [-0.2, -0.15) is 0 Å². The Morgan fingerprint density at radius 1 is 1.05 bits per heavy atom.